The molecule has 2 aromatic carbocycles. The molecule has 0 aromatic heterocycles. The lowest BCUT2D eigenvalue weighted by atomic mass is 10.0. The second-order valence-corrected chi connectivity index (χ2v) is 4.84. The van der Waals surface area contributed by atoms with Crippen LogP contribution in [0.3, 0.4) is 0 Å². The van der Waals surface area contributed by atoms with Crippen LogP contribution in [0.25, 0.3) is 5.57 Å². The zero-order chi connectivity index (χ0) is 13.5. The first-order valence-electron chi connectivity index (χ1n) is 6.71. The third-order valence-electron chi connectivity index (χ3n) is 3.23. The number of allylic oxidation sites excluding steroid dienone is 3. The van der Waals surface area contributed by atoms with Crippen LogP contribution in [0.1, 0.15) is 24.5 Å². The molecule has 0 unspecified atom stereocenters. The molecule has 0 aliphatic carbocycles. The molecule has 0 heterocycles. The Morgan fingerprint density at radius 2 is 1.53 bits per heavy atom. The predicted octanol–water partition coefficient (Wildman–Crippen LogP) is 5.28. The first kappa shape index (κ1) is 13.4. The lowest BCUT2D eigenvalue weighted by molar-refractivity contribution is 0.969. The van der Waals surface area contributed by atoms with Gasteiger partial charge in [0.15, 0.2) is 0 Å². The van der Waals surface area contributed by atoms with Gasteiger partial charge in [-0.15, -0.1) is 0 Å². The van der Waals surface area contributed by atoms with E-state index in [1.807, 2.05) is 6.07 Å². The van der Waals surface area contributed by atoms with Crippen LogP contribution in [0.15, 0.2) is 78.9 Å². The average molecular weight is 248 g/mol. The van der Waals surface area contributed by atoms with E-state index in [-0.39, 0.29) is 0 Å². The maximum atomic E-state index is 4.16. The average Bonchev–Trinajstić information content (AvgIpc) is 2.47. The summed E-state index contributed by atoms with van der Waals surface area (Å²) in [5.41, 5.74) is 5.10. The number of benzene rings is 2. The van der Waals surface area contributed by atoms with Crippen molar-refractivity contribution in [1.29, 1.82) is 0 Å². The van der Waals surface area contributed by atoms with E-state index in [9.17, 15) is 0 Å². The fraction of sp³-hybridized carbons (Fsp3) is 0.158. The van der Waals surface area contributed by atoms with Crippen molar-refractivity contribution < 1.29 is 0 Å². The van der Waals surface area contributed by atoms with Gasteiger partial charge < -0.3 is 0 Å². The van der Waals surface area contributed by atoms with Crippen molar-refractivity contribution >= 4 is 5.57 Å². The van der Waals surface area contributed by atoms with Crippen LogP contribution in [0, 0.1) is 0 Å². The maximum absolute atomic E-state index is 4.16. The minimum atomic E-state index is 1.01. The van der Waals surface area contributed by atoms with E-state index in [2.05, 4.69) is 74.2 Å². The van der Waals surface area contributed by atoms with Gasteiger partial charge in [-0.3, -0.25) is 0 Å². The molecule has 2 aromatic rings. The minimum Gasteiger partial charge on any atom is -0.0958 e. The van der Waals surface area contributed by atoms with Crippen LogP contribution in [-0.2, 0) is 6.42 Å². The number of hydrogen-bond acceptors (Lipinski definition) is 0. The Morgan fingerprint density at radius 1 is 0.947 bits per heavy atom. The van der Waals surface area contributed by atoms with Gasteiger partial charge in [0, 0.05) is 0 Å². The van der Waals surface area contributed by atoms with Crippen molar-refractivity contribution in [2.45, 2.75) is 19.8 Å². The summed E-state index contributed by atoms with van der Waals surface area (Å²) in [6.45, 7) is 6.30. The summed E-state index contributed by atoms with van der Waals surface area (Å²) in [6.07, 6.45) is 4.25. The zero-order valence-corrected chi connectivity index (χ0v) is 11.5. The second-order valence-electron chi connectivity index (χ2n) is 4.84. The van der Waals surface area contributed by atoms with Gasteiger partial charge in [0.25, 0.3) is 0 Å². The quantitative estimate of drug-likeness (QED) is 0.631. The Labute approximate surface area is 116 Å². The van der Waals surface area contributed by atoms with Crippen molar-refractivity contribution in [1.82, 2.24) is 0 Å². The SMILES string of the molecule is C=C(/C=C(\C)c1ccccc1)CCc1ccccc1. The Bertz CT molecular complexity index is 547. The van der Waals surface area contributed by atoms with Crippen molar-refractivity contribution in [2.24, 2.45) is 0 Å². The molecule has 96 valence electrons. The highest BCUT2D eigenvalue weighted by Gasteiger charge is 1.97. The fourth-order valence-corrected chi connectivity index (χ4v) is 2.11. The Hall–Kier alpha value is -2.08. The minimum absolute atomic E-state index is 1.01. The highest BCUT2D eigenvalue weighted by atomic mass is 14.0. The normalized spacial score (nSPS) is 11.3. The van der Waals surface area contributed by atoms with Gasteiger partial charge in [0.2, 0.25) is 0 Å². The second kappa shape index (κ2) is 6.75. The van der Waals surface area contributed by atoms with E-state index in [0.29, 0.717) is 0 Å². The van der Waals surface area contributed by atoms with E-state index >= 15 is 0 Å². The third-order valence-corrected chi connectivity index (χ3v) is 3.23. The van der Waals surface area contributed by atoms with Crippen LogP contribution in [-0.4, -0.2) is 0 Å². The summed E-state index contributed by atoms with van der Waals surface area (Å²) in [4.78, 5) is 0. The molecule has 2 rings (SSSR count). The van der Waals surface area contributed by atoms with Gasteiger partial charge in [0.1, 0.15) is 0 Å². The van der Waals surface area contributed by atoms with E-state index in [1.54, 1.807) is 0 Å². The van der Waals surface area contributed by atoms with Crippen LogP contribution in [0.4, 0.5) is 0 Å². The predicted molar refractivity (Wildman–Crippen MR) is 84.0 cm³/mol. The molecule has 0 amide bonds. The highest BCUT2D eigenvalue weighted by Crippen LogP contribution is 2.17. The molecule has 0 fully saturated rings. The molecule has 19 heavy (non-hydrogen) atoms. The lowest BCUT2D eigenvalue weighted by Gasteiger charge is -2.05. The zero-order valence-electron chi connectivity index (χ0n) is 11.5. The van der Waals surface area contributed by atoms with Gasteiger partial charge in [-0.05, 0) is 36.5 Å². The molecular formula is C19H20. The monoisotopic (exact) mass is 248 g/mol. The van der Waals surface area contributed by atoms with E-state index in [4.69, 9.17) is 0 Å². The summed E-state index contributed by atoms with van der Waals surface area (Å²) < 4.78 is 0. The number of aryl methyl sites for hydroxylation is 1. The Morgan fingerprint density at radius 3 is 2.16 bits per heavy atom. The van der Waals surface area contributed by atoms with Gasteiger partial charge in [0.05, 0.1) is 0 Å². The summed E-state index contributed by atoms with van der Waals surface area (Å²) in [5.74, 6) is 0. The standard InChI is InChI=1S/C19H20/c1-16(13-14-18-9-5-3-6-10-18)15-17(2)19-11-7-4-8-12-19/h3-12,15H,1,13-14H2,2H3/b17-15+. The van der Waals surface area contributed by atoms with Gasteiger partial charge in [-0.25, -0.2) is 0 Å². The topological polar surface area (TPSA) is 0 Å². The van der Waals surface area contributed by atoms with Gasteiger partial charge >= 0.3 is 0 Å². The summed E-state index contributed by atoms with van der Waals surface area (Å²) in [7, 11) is 0. The number of rotatable bonds is 5. The van der Waals surface area contributed by atoms with Crippen LogP contribution in [0.5, 0.6) is 0 Å². The molecule has 0 nitrogen and oxygen atoms in total. The Kier molecular flexibility index (Phi) is 4.74. The van der Waals surface area contributed by atoms with Crippen molar-refractivity contribution in [2.75, 3.05) is 0 Å². The smallest absolute Gasteiger partial charge is 0.0227 e. The molecule has 0 spiro atoms. The van der Waals surface area contributed by atoms with Crippen LogP contribution in [0.2, 0.25) is 0 Å². The molecule has 0 bridgehead atoms. The fourth-order valence-electron chi connectivity index (χ4n) is 2.11. The highest BCUT2D eigenvalue weighted by molar-refractivity contribution is 5.66. The summed E-state index contributed by atoms with van der Waals surface area (Å²) in [6, 6.07) is 21.0. The van der Waals surface area contributed by atoms with Crippen LogP contribution >= 0.6 is 0 Å². The lowest BCUT2D eigenvalue weighted by Crippen LogP contribution is -1.87. The molecule has 0 N–H and O–H groups in total. The van der Waals surface area contributed by atoms with Crippen molar-refractivity contribution in [3.63, 3.8) is 0 Å². The molecule has 0 aliphatic heterocycles. The third kappa shape index (κ3) is 4.26. The first-order valence-corrected chi connectivity index (χ1v) is 6.71. The maximum Gasteiger partial charge on any atom is -0.0227 e. The van der Waals surface area contributed by atoms with Crippen LogP contribution < -0.4 is 0 Å². The Balaban J connectivity index is 1.94. The molecular weight excluding hydrogens is 228 g/mol. The van der Waals surface area contributed by atoms with E-state index < -0.39 is 0 Å². The van der Waals surface area contributed by atoms with Crippen molar-refractivity contribution in [3.05, 3.63) is 90.0 Å². The largest absolute Gasteiger partial charge is 0.0958 e. The molecule has 0 radical (unpaired) electrons. The molecule has 0 atom stereocenters. The summed E-state index contributed by atoms with van der Waals surface area (Å²) >= 11 is 0. The molecule has 0 saturated heterocycles. The molecule has 0 heteroatoms. The van der Waals surface area contributed by atoms with Crippen molar-refractivity contribution in [3.8, 4) is 0 Å². The summed E-state index contributed by atoms with van der Waals surface area (Å²) in [5, 5.41) is 0. The first-order chi connectivity index (χ1) is 9.25. The van der Waals surface area contributed by atoms with Gasteiger partial charge in [-0.2, -0.15) is 0 Å². The van der Waals surface area contributed by atoms with Gasteiger partial charge in [-0.1, -0.05) is 78.9 Å². The number of hydrogen-bond donors (Lipinski definition) is 0. The van der Waals surface area contributed by atoms with E-state index in [0.717, 1.165) is 12.8 Å². The molecule has 0 saturated carbocycles. The van der Waals surface area contributed by atoms with E-state index in [1.165, 1.54) is 22.3 Å². The molecule has 0 aliphatic rings.